The molecule has 3 rings (SSSR count). The predicted molar refractivity (Wildman–Crippen MR) is 115 cm³/mol. The number of carbonyl (C=O) groups is 2. The summed E-state index contributed by atoms with van der Waals surface area (Å²) >= 11 is 0. The number of hydrogen-bond acceptors (Lipinski definition) is 3. The molecule has 2 N–H and O–H groups in total. The molecule has 5 heteroatoms. The van der Waals surface area contributed by atoms with Crippen LogP contribution in [0.5, 0.6) is 5.75 Å². The molecule has 0 saturated heterocycles. The summed E-state index contributed by atoms with van der Waals surface area (Å²) in [6.07, 6.45) is 1.83. The molecule has 29 heavy (non-hydrogen) atoms. The Bertz CT molecular complexity index is 901. The minimum Gasteiger partial charge on any atom is -0.496 e. The van der Waals surface area contributed by atoms with Crippen LogP contribution in [0.1, 0.15) is 49.3 Å². The van der Waals surface area contributed by atoms with Crippen LogP contribution in [0.2, 0.25) is 0 Å². The highest BCUT2D eigenvalue weighted by Crippen LogP contribution is 2.47. The molecule has 2 aromatic rings. The second kappa shape index (κ2) is 8.68. The summed E-state index contributed by atoms with van der Waals surface area (Å²) < 4.78 is 5.35. The van der Waals surface area contributed by atoms with Crippen molar-refractivity contribution in [3.8, 4) is 5.75 Å². The van der Waals surface area contributed by atoms with Gasteiger partial charge in [-0.15, -0.1) is 0 Å². The van der Waals surface area contributed by atoms with E-state index >= 15 is 0 Å². The van der Waals surface area contributed by atoms with Crippen molar-refractivity contribution in [1.29, 1.82) is 0 Å². The monoisotopic (exact) mass is 394 g/mol. The van der Waals surface area contributed by atoms with Crippen LogP contribution in [0.3, 0.4) is 0 Å². The van der Waals surface area contributed by atoms with Crippen molar-refractivity contribution in [3.05, 3.63) is 59.2 Å². The number of amides is 2. The molecule has 0 aliphatic heterocycles. The van der Waals surface area contributed by atoms with Crippen molar-refractivity contribution in [3.63, 3.8) is 0 Å². The molecule has 1 fully saturated rings. The van der Waals surface area contributed by atoms with E-state index in [2.05, 4.69) is 24.5 Å². The zero-order valence-electron chi connectivity index (χ0n) is 17.7. The van der Waals surface area contributed by atoms with Gasteiger partial charge < -0.3 is 15.4 Å². The van der Waals surface area contributed by atoms with E-state index in [1.807, 2.05) is 49.4 Å². The first-order valence-corrected chi connectivity index (χ1v) is 10.2. The Morgan fingerprint density at radius 2 is 1.79 bits per heavy atom. The first-order chi connectivity index (χ1) is 13.9. The third-order valence-electron chi connectivity index (χ3n) is 5.66. The first-order valence-electron chi connectivity index (χ1n) is 10.2. The maximum Gasteiger partial charge on any atom is 0.240 e. The molecule has 0 radical (unpaired) electrons. The number of ether oxygens (including phenoxy) is 1. The molecule has 2 amide bonds. The molecule has 2 aromatic carbocycles. The molecular formula is C24H30N2O3. The molecule has 0 atom stereocenters. The molecule has 1 aliphatic rings. The summed E-state index contributed by atoms with van der Waals surface area (Å²) in [5.74, 6) is 0.699. The van der Waals surface area contributed by atoms with Crippen LogP contribution in [-0.2, 0) is 16.0 Å². The average Bonchev–Trinajstić information content (AvgIpc) is 3.51. The first kappa shape index (κ1) is 20.9. The largest absolute Gasteiger partial charge is 0.496 e. The van der Waals surface area contributed by atoms with Crippen LogP contribution in [0.4, 0.5) is 5.69 Å². The van der Waals surface area contributed by atoms with Crippen molar-refractivity contribution in [2.24, 2.45) is 5.41 Å². The van der Waals surface area contributed by atoms with Gasteiger partial charge in [-0.25, -0.2) is 0 Å². The molecule has 1 saturated carbocycles. The topological polar surface area (TPSA) is 67.4 Å². The Hall–Kier alpha value is -2.82. The normalized spacial score (nSPS) is 14.4. The Balaban J connectivity index is 1.64. The van der Waals surface area contributed by atoms with E-state index < -0.39 is 5.41 Å². The number of rotatable bonds is 8. The van der Waals surface area contributed by atoms with Gasteiger partial charge in [-0.05, 0) is 54.9 Å². The van der Waals surface area contributed by atoms with Crippen LogP contribution in [0.25, 0.3) is 0 Å². The third kappa shape index (κ3) is 4.44. The zero-order chi connectivity index (χ0) is 21.0. The summed E-state index contributed by atoms with van der Waals surface area (Å²) in [6.45, 7) is 6.65. The standard InChI is InChI=1S/C24H30N2O3/c1-16(2)19-10-7-8-17(3)21(19)26-23(28)24(13-14-24)22(27)25-15-12-18-9-5-6-11-20(18)29-4/h5-11,16H,12-15H2,1-4H3,(H,25,27)(H,26,28). The van der Waals surface area contributed by atoms with Crippen LogP contribution < -0.4 is 15.4 Å². The summed E-state index contributed by atoms with van der Waals surface area (Å²) in [5.41, 5.74) is 3.02. The lowest BCUT2D eigenvalue weighted by molar-refractivity contribution is -0.134. The summed E-state index contributed by atoms with van der Waals surface area (Å²) in [4.78, 5) is 25.8. The van der Waals surface area contributed by atoms with E-state index in [0.29, 0.717) is 25.8 Å². The number of anilines is 1. The fourth-order valence-corrected chi connectivity index (χ4v) is 3.65. The highest BCUT2D eigenvalue weighted by molar-refractivity contribution is 6.13. The van der Waals surface area contributed by atoms with Gasteiger partial charge in [-0.1, -0.05) is 50.2 Å². The molecule has 0 aromatic heterocycles. The fraction of sp³-hybridized carbons (Fsp3) is 0.417. The number of nitrogens with one attached hydrogen (secondary N) is 2. The number of benzene rings is 2. The number of carbonyl (C=O) groups excluding carboxylic acids is 2. The second-order valence-corrected chi connectivity index (χ2v) is 8.05. The van der Waals surface area contributed by atoms with Gasteiger partial charge in [0.05, 0.1) is 7.11 Å². The van der Waals surface area contributed by atoms with Crippen LogP contribution in [0.15, 0.2) is 42.5 Å². The minimum absolute atomic E-state index is 0.190. The maximum atomic E-state index is 13.0. The summed E-state index contributed by atoms with van der Waals surface area (Å²) in [5, 5.41) is 6.00. The molecule has 0 bridgehead atoms. The summed E-state index contributed by atoms with van der Waals surface area (Å²) in [7, 11) is 1.64. The maximum absolute atomic E-state index is 13.0. The molecule has 0 unspecified atom stereocenters. The van der Waals surface area contributed by atoms with Crippen molar-refractivity contribution < 1.29 is 14.3 Å². The molecule has 0 spiro atoms. The molecule has 154 valence electrons. The smallest absolute Gasteiger partial charge is 0.240 e. The molecular weight excluding hydrogens is 364 g/mol. The second-order valence-electron chi connectivity index (χ2n) is 8.05. The van der Waals surface area contributed by atoms with Gasteiger partial charge in [0, 0.05) is 12.2 Å². The van der Waals surface area contributed by atoms with Crippen LogP contribution >= 0.6 is 0 Å². The lowest BCUT2D eigenvalue weighted by atomic mass is 9.97. The third-order valence-corrected chi connectivity index (χ3v) is 5.66. The SMILES string of the molecule is COc1ccccc1CCNC(=O)C1(C(=O)Nc2c(C)cccc2C(C)C)CC1. The highest BCUT2D eigenvalue weighted by Gasteiger charge is 2.56. The van der Waals surface area contributed by atoms with E-state index in [1.54, 1.807) is 7.11 Å². The Kier molecular flexibility index (Phi) is 6.26. The fourth-order valence-electron chi connectivity index (χ4n) is 3.65. The Morgan fingerprint density at radius 3 is 2.45 bits per heavy atom. The quantitative estimate of drug-likeness (QED) is 0.659. The summed E-state index contributed by atoms with van der Waals surface area (Å²) in [6, 6.07) is 13.8. The van der Waals surface area contributed by atoms with Crippen molar-refractivity contribution in [2.75, 3.05) is 19.0 Å². The Labute approximate surface area is 172 Å². The highest BCUT2D eigenvalue weighted by atomic mass is 16.5. The van der Waals surface area contributed by atoms with Crippen molar-refractivity contribution >= 4 is 17.5 Å². The predicted octanol–water partition coefficient (Wildman–Crippen LogP) is 4.20. The van der Waals surface area contributed by atoms with Gasteiger partial charge in [-0.3, -0.25) is 9.59 Å². The molecule has 1 aliphatic carbocycles. The van der Waals surface area contributed by atoms with Gasteiger partial charge in [0.25, 0.3) is 0 Å². The average molecular weight is 395 g/mol. The van der Waals surface area contributed by atoms with Crippen molar-refractivity contribution in [2.45, 2.75) is 46.0 Å². The number of hydrogen-bond donors (Lipinski definition) is 2. The van der Waals surface area contributed by atoms with Crippen LogP contribution in [0, 0.1) is 12.3 Å². The van der Waals surface area contributed by atoms with Gasteiger partial charge in [0.1, 0.15) is 11.2 Å². The van der Waals surface area contributed by atoms with Gasteiger partial charge >= 0.3 is 0 Å². The van der Waals surface area contributed by atoms with E-state index in [4.69, 9.17) is 4.74 Å². The number of methoxy groups -OCH3 is 1. The van der Waals surface area contributed by atoms with E-state index in [9.17, 15) is 9.59 Å². The van der Waals surface area contributed by atoms with E-state index in [1.165, 1.54) is 0 Å². The van der Waals surface area contributed by atoms with Crippen molar-refractivity contribution in [1.82, 2.24) is 5.32 Å². The Morgan fingerprint density at radius 1 is 1.07 bits per heavy atom. The molecule has 0 heterocycles. The molecule has 5 nitrogen and oxygen atoms in total. The van der Waals surface area contributed by atoms with E-state index in [-0.39, 0.29) is 17.7 Å². The zero-order valence-corrected chi connectivity index (χ0v) is 17.7. The van der Waals surface area contributed by atoms with Gasteiger partial charge in [0.15, 0.2) is 0 Å². The van der Waals surface area contributed by atoms with Crippen LogP contribution in [-0.4, -0.2) is 25.5 Å². The number of para-hydroxylation sites is 2. The van der Waals surface area contributed by atoms with Gasteiger partial charge in [0.2, 0.25) is 11.8 Å². The number of aryl methyl sites for hydroxylation is 1. The van der Waals surface area contributed by atoms with Gasteiger partial charge in [-0.2, -0.15) is 0 Å². The lowest BCUT2D eigenvalue weighted by Crippen LogP contribution is -2.41. The lowest BCUT2D eigenvalue weighted by Gasteiger charge is -2.20. The minimum atomic E-state index is -0.947. The van der Waals surface area contributed by atoms with E-state index in [0.717, 1.165) is 28.1 Å².